The molecule has 2 heterocycles. The minimum Gasteiger partial charge on any atom is -0.451 e. The molecule has 0 aliphatic carbocycles. The van der Waals surface area contributed by atoms with Crippen LogP contribution in [0.1, 0.15) is 21.7 Å². The second kappa shape index (κ2) is 8.54. The molecule has 0 spiro atoms. The molecule has 7 heteroatoms. The number of furan rings is 1. The maximum Gasteiger partial charge on any atom is 0.291 e. The minimum absolute atomic E-state index is 0.227. The fourth-order valence-electron chi connectivity index (χ4n) is 3.48. The highest BCUT2D eigenvalue weighted by Crippen LogP contribution is 2.33. The summed E-state index contributed by atoms with van der Waals surface area (Å²) >= 11 is 9.74. The van der Waals surface area contributed by atoms with Crippen molar-refractivity contribution in [2.24, 2.45) is 0 Å². The molecule has 0 bridgehead atoms. The summed E-state index contributed by atoms with van der Waals surface area (Å²) in [5.74, 6) is 0.933. The Hall–Kier alpha value is -3.35. The number of nitrogens with zero attached hydrogens (tertiary/aromatic N) is 1. The zero-order chi connectivity index (χ0) is 23.1. The van der Waals surface area contributed by atoms with E-state index in [2.05, 4.69) is 33.2 Å². The first-order chi connectivity index (χ1) is 15.9. The second-order valence-electron chi connectivity index (χ2n) is 7.74. The van der Waals surface area contributed by atoms with Crippen LogP contribution < -0.4 is 5.32 Å². The van der Waals surface area contributed by atoms with Crippen molar-refractivity contribution in [2.45, 2.75) is 13.8 Å². The van der Waals surface area contributed by atoms with Crippen LogP contribution in [0.15, 0.2) is 80.0 Å². The summed E-state index contributed by atoms with van der Waals surface area (Å²) in [6.07, 6.45) is 0. The Balaban J connectivity index is 1.38. The van der Waals surface area contributed by atoms with E-state index in [0.717, 1.165) is 10.0 Å². The molecule has 0 aliphatic heterocycles. The summed E-state index contributed by atoms with van der Waals surface area (Å²) in [5, 5.41) is 3.39. The average molecular weight is 522 g/mol. The maximum atomic E-state index is 12.8. The van der Waals surface area contributed by atoms with Gasteiger partial charge in [-0.05, 0) is 79.6 Å². The van der Waals surface area contributed by atoms with E-state index in [0.29, 0.717) is 39.0 Å². The van der Waals surface area contributed by atoms with Crippen molar-refractivity contribution in [3.05, 3.63) is 93.1 Å². The molecule has 5 rings (SSSR count). The van der Waals surface area contributed by atoms with E-state index < -0.39 is 0 Å². The third-order valence-electron chi connectivity index (χ3n) is 5.43. The topological polar surface area (TPSA) is 68.3 Å². The molecule has 0 fully saturated rings. The van der Waals surface area contributed by atoms with E-state index in [1.807, 2.05) is 37.3 Å². The van der Waals surface area contributed by atoms with Crippen LogP contribution in [-0.4, -0.2) is 10.9 Å². The summed E-state index contributed by atoms with van der Waals surface area (Å²) in [4.78, 5) is 17.3. The van der Waals surface area contributed by atoms with E-state index in [4.69, 9.17) is 20.4 Å². The van der Waals surface area contributed by atoms with Crippen molar-refractivity contribution in [1.29, 1.82) is 0 Å². The molecular weight excluding hydrogens is 504 g/mol. The first-order valence-corrected chi connectivity index (χ1v) is 11.4. The van der Waals surface area contributed by atoms with Crippen LogP contribution in [0.5, 0.6) is 0 Å². The summed E-state index contributed by atoms with van der Waals surface area (Å²) in [7, 11) is 0. The number of nitrogens with one attached hydrogen (secondary N) is 1. The number of rotatable bonds is 4. The quantitative estimate of drug-likeness (QED) is 0.260. The van der Waals surface area contributed by atoms with Crippen molar-refractivity contribution in [1.82, 2.24) is 4.98 Å². The van der Waals surface area contributed by atoms with Gasteiger partial charge in [0.2, 0.25) is 5.89 Å². The van der Waals surface area contributed by atoms with Gasteiger partial charge >= 0.3 is 0 Å². The lowest BCUT2D eigenvalue weighted by Gasteiger charge is -2.04. The standard InChI is InChI=1S/C26H18BrClN2O3/c1-14-3-4-16(11-15(14)2)22-9-10-24(32-22)25(31)29-18-6-8-23-21(13-18)30-26(33-23)19-12-17(27)5-7-20(19)28/h3-13H,1-2H3,(H,29,31). The number of hydrogen-bond donors (Lipinski definition) is 1. The number of oxazole rings is 1. The van der Waals surface area contributed by atoms with Crippen molar-refractivity contribution in [3.63, 3.8) is 0 Å². The summed E-state index contributed by atoms with van der Waals surface area (Å²) in [6.45, 7) is 4.10. The van der Waals surface area contributed by atoms with Gasteiger partial charge in [0.05, 0.1) is 10.6 Å². The molecule has 1 N–H and O–H groups in total. The largest absolute Gasteiger partial charge is 0.451 e. The minimum atomic E-state index is -0.344. The number of aryl methyl sites for hydroxylation is 2. The van der Waals surface area contributed by atoms with Gasteiger partial charge in [0, 0.05) is 15.7 Å². The summed E-state index contributed by atoms with van der Waals surface area (Å²) in [5.41, 5.74) is 5.76. The molecule has 3 aromatic carbocycles. The lowest BCUT2D eigenvalue weighted by atomic mass is 10.1. The number of amides is 1. The zero-order valence-corrected chi connectivity index (χ0v) is 20.1. The molecule has 0 radical (unpaired) electrons. The van der Waals surface area contributed by atoms with Gasteiger partial charge in [-0.15, -0.1) is 0 Å². The number of hydrogen-bond acceptors (Lipinski definition) is 4. The summed E-state index contributed by atoms with van der Waals surface area (Å²) in [6, 6.07) is 20.3. The van der Waals surface area contributed by atoms with Gasteiger partial charge in [0.1, 0.15) is 11.3 Å². The molecule has 0 aliphatic rings. The fraction of sp³-hybridized carbons (Fsp3) is 0.0769. The molecule has 1 amide bonds. The molecule has 5 aromatic rings. The number of anilines is 1. The predicted molar refractivity (Wildman–Crippen MR) is 134 cm³/mol. The smallest absolute Gasteiger partial charge is 0.291 e. The van der Waals surface area contributed by atoms with Crippen LogP contribution in [0.25, 0.3) is 33.9 Å². The molecule has 0 atom stereocenters. The first-order valence-electron chi connectivity index (χ1n) is 10.2. The van der Waals surface area contributed by atoms with Crippen molar-refractivity contribution in [2.75, 3.05) is 5.32 Å². The highest BCUT2D eigenvalue weighted by Gasteiger charge is 2.16. The first kappa shape index (κ1) is 21.5. The molecular formula is C26H18BrClN2O3. The van der Waals surface area contributed by atoms with E-state index in [-0.39, 0.29) is 11.7 Å². The number of fused-ring (bicyclic) bond motifs is 1. The number of aromatic nitrogens is 1. The van der Waals surface area contributed by atoms with Gasteiger partial charge in [-0.1, -0.05) is 39.7 Å². The van der Waals surface area contributed by atoms with E-state index in [9.17, 15) is 4.79 Å². The zero-order valence-electron chi connectivity index (χ0n) is 17.8. The fourth-order valence-corrected chi connectivity index (χ4v) is 4.04. The Bertz CT molecular complexity index is 1520. The maximum absolute atomic E-state index is 12.8. The summed E-state index contributed by atoms with van der Waals surface area (Å²) < 4.78 is 12.5. The molecule has 33 heavy (non-hydrogen) atoms. The number of carbonyl (C=O) groups excluding carboxylic acids is 1. The van der Waals surface area contributed by atoms with Crippen molar-refractivity contribution >= 4 is 50.2 Å². The van der Waals surface area contributed by atoms with E-state index in [1.165, 1.54) is 11.1 Å². The highest BCUT2D eigenvalue weighted by atomic mass is 79.9. The SMILES string of the molecule is Cc1ccc(-c2ccc(C(=O)Nc3ccc4oc(-c5cc(Br)ccc5Cl)nc4c3)o2)cc1C. The molecule has 0 unspecified atom stereocenters. The normalized spacial score (nSPS) is 11.2. The average Bonchev–Trinajstić information content (AvgIpc) is 3.44. The van der Waals surface area contributed by atoms with Gasteiger partial charge < -0.3 is 14.2 Å². The Morgan fingerprint density at radius 1 is 0.939 bits per heavy atom. The lowest BCUT2D eigenvalue weighted by molar-refractivity contribution is 0.0997. The number of benzene rings is 3. The molecule has 0 saturated heterocycles. The Labute approximate surface area is 203 Å². The van der Waals surface area contributed by atoms with Gasteiger partial charge in [0.25, 0.3) is 5.91 Å². The highest BCUT2D eigenvalue weighted by molar-refractivity contribution is 9.10. The number of carbonyl (C=O) groups is 1. The van der Waals surface area contributed by atoms with Gasteiger partial charge in [-0.25, -0.2) is 4.98 Å². The van der Waals surface area contributed by atoms with Crippen molar-refractivity contribution < 1.29 is 13.6 Å². The predicted octanol–water partition coefficient (Wildman–Crippen LogP) is 8.04. The monoisotopic (exact) mass is 520 g/mol. The van der Waals surface area contributed by atoms with E-state index >= 15 is 0 Å². The van der Waals surface area contributed by atoms with Crippen LogP contribution in [0, 0.1) is 13.8 Å². The lowest BCUT2D eigenvalue weighted by Crippen LogP contribution is -2.10. The van der Waals surface area contributed by atoms with Gasteiger partial charge in [0.15, 0.2) is 11.3 Å². The van der Waals surface area contributed by atoms with Crippen LogP contribution >= 0.6 is 27.5 Å². The molecule has 164 valence electrons. The molecule has 0 saturated carbocycles. The second-order valence-corrected chi connectivity index (χ2v) is 9.07. The van der Waals surface area contributed by atoms with Crippen LogP contribution in [0.2, 0.25) is 5.02 Å². The van der Waals surface area contributed by atoms with Crippen LogP contribution in [0.3, 0.4) is 0 Å². The Kier molecular flexibility index (Phi) is 5.56. The third-order valence-corrected chi connectivity index (χ3v) is 6.25. The van der Waals surface area contributed by atoms with Crippen molar-refractivity contribution in [3.8, 4) is 22.8 Å². The van der Waals surface area contributed by atoms with Crippen LogP contribution in [-0.2, 0) is 0 Å². The van der Waals surface area contributed by atoms with Gasteiger partial charge in [-0.3, -0.25) is 4.79 Å². The number of halogens is 2. The van der Waals surface area contributed by atoms with E-state index in [1.54, 1.807) is 36.4 Å². The Morgan fingerprint density at radius 3 is 2.61 bits per heavy atom. The molecule has 5 nitrogen and oxygen atoms in total. The third kappa shape index (κ3) is 4.32. The Morgan fingerprint density at radius 2 is 1.79 bits per heavy atom. The van der Waals surface area contributed by atoms with Crippen LogP contribution in [0.4, 0.5) is 5.69 Å². The molecule has 2 aromatic heterocycles. The van der Waals surface area contributed by atoms with Gasteiger partial charge in [-0.2, -0.15) is 0 Å².